The van der Waals surface area contributed by atoms with Crippen LogP contribution in [0.15, 0.2) is 30.3 Å². The number of benzene rings is 1. The van der Waals surface area contributed by atoms with E-state index in [0.717, 1.165) is 13.0 Å². The van der Waals surface area contributed by atoms with Gasteiger partial charge in [0.15, 0.2) is 0 Å². The van der Waals surface area contributed by atoms with E-state index in [1.165, 1.54) is 24.8 Å². The summed E-state index contributed by atoms with van der Waals surface area (Å²) in [6.07, 6.45) is 5.31. The number of nitrogens with zero attached hydrogens (tertiary/aromatic N) is 1. The molecule has 1 aromatic rings. The Morgan fingerprint density at radius 2 is 1.90 bits per heavy atom. The molecule has 0 spiro atoms. The number of hydrogen-bond acceptors (Lipinski definition) is 3. The molecule has 0 aromatic heterocycles. The first-order valence-electron chi connectivity index (χ1n) is 7.61. The molecule has 3 atom stereocenters. The number of aliphatic hydroxyl groups is 1. The number of aliphatic hydroxyl groups excluding tert-OH is 1. The molecule has 0 heterocycles. The van der Waals surface area contributed by atoms with Gasteiger partial charge in [-0.1, -0.05) is 43.2 Å². The van der Waals surface area contributed by atoms with Gasteiger partial charge in [-0.15, -0.1) is 0 Å². The van der Waals surface area contributed by atoms with Crippen LogP contribution < -0.4 is 5.32 Å². The summed E-state index contributed by atoms with van der Waals surface area (Å²) in [6.45, 7) is 1.19. The van der Waals surface area contributed by atoms with Crippen LogP contribution in [0.1, 0.15) is 43.7 Å². The van der Waals surface area contributed by atoms with Crippen molar-refractivity contribution in [3.63, 3.8) is 0 Å². The molecule has 3 unspecified atom stereocenters. The first kappa shape index (κ1) is 15.0. The van der Waals surface area contributed by atoms with E-state index >= 15 is 0 Å². The van der Waals surface area contributed by atoms with Crippen LogP contribution in [0.4, 0.5) is 0 Å². The van der Waals surface area contributed by atoms with Crippen LogP contribution in [0, 0.1) is 23.2 Å². The van der Waals surface area contributed by atoms with Gasteiger partial charge in [0.2, 0.25) is 0 Å². The first-order chi connectivity index (χ1) is 9.85. The molecule has 0 bridgehead atoms. The van der Waals surface area contributed by atoms with Gasteiger partial charge in [0.1, 0.15) is 0 Å². The number of rotatable bonds is 6. The lowest BCUT2D eigenvalue weighted by Gasteiger charge is -2.31. The quantitative estimate of drug-likeness (QED) is 0.837. The highest BCUT2D eigenvalue weighted by Gasteiger charge is 2.25. The number of hydrogen-bond donors (Lipinski definition) is 2. The Morgan fingerprint density at radius 1 is 1.20 bits per heavy atom. The maximum Gasteiger partial charge on any atom is 0.0641 e. The van der Waals surface area contributed by atoms with Crippen LogP contribution in [0.25, 0.3) is 0 Å². The molecule has 2 rings (SSSR count). The lowest BCUT2D eigenvalue weighted by molar-refractivity contribution is 0.131. The van der Waals surface area contributed by atoms with E-state index in [1.807, 2.05) is 18.2 Å². The normalized spacial score (nSPS) is 24.0. The maximum absolute atomic E-state index is 9.47. The van der Waals surface area contributed by atoms with E-state index in [2.05, 4.69) is 23.5 Å². The third-order valence-corrected chi connectivity index (χ3v) is 4.42. The minimum atomic E-state index is 0.0995. The minimum absolute atomic E-state index is 0.0995. The molecule has 108 valence electrons. The Labute approximate surface area is 121 Å². The monoisotopic (exact) mass is 272 g/mol. The standard InChI is InChI=1S/C17H24N2O/c18-11-10-17(14-6-2-1-3-7-14)19-12-15-8-4-5-9-16(15)13-20/h1-3,6-7,15-17,19-20H,4-5,8-10,12-13H2. The molecule has 0 saturated heterocycles. The van der Waals surface area contributed by atoms with Crippen LogP contribution in [0.2, 0.25) is 0 Å². The summed E-state index contributed by atoms with van der Waals surface area (Å²) >= 11 is 0. The largest absolute Gasteiger partial charge is 0.396 e. The van der Waals surface area contributed by atoms with E-state index in [1.54, 1.807) is 0 Å². The van der Waals surface area contributed by atoms with Crippen molar-refractivity contribution in [2.24, 2.45) is 11.8 Å². The molecule has 0 aliphatic heterocycles. The first-order valence-corrected chi connectivity index (χ1v) is 7.61. The molecule has 3 heteroatoms. The predicted octanol–water partition coefficient (Wildman–Crippen LogP) is 3.03. The Bertz CT molecular complexity index is 426. The predicted molar refractivity (Wildman–Crippen MR) is 79.9 cm³/mol. The highest BCUT2D eigenvalue weighted by molar-refractivity contribution is 5.19. The fourth-order valence-corrected chi connectivity index (χ4v) is 3.17. The highest BCUT2D eigenvalue weighted by Crippen LogP contribution is 2.30. The van der Waals surface area contributed by atoms with E-state index in [0.29, 0.717) is 24.9 Å². The van der Waals surface area contributed by atoms with Crippen molar-refractivity contribution in [2.45, 2.75) is 38.1 Å². The molecule has 1 aromatic carbocycles. The van der Waals surface area contributed by atoms with Gasteiger partial charge in [-0.05, 0) is 36.8 Å². The van der Waals surface area contributed by atoms with Gasteiger partial charge in [-0.3, -0.25) is 0 Å². The molecule has 1 fully saturated rings. The fraction of sp³-hybridized carbons (Fsp3) is 0.588. The highest BCUT2D eigenvalue weighted by atomic mass is 16.3. The second-order valence-electron chi connectivity index (χ2n) is 5.72. The summed E-state index contributed by atoms with van der Waals surface area (Å²) in [5, 5.41) is 22.0. The summed E-state index contributed by atoms with van der Waals surface area (Å²) in [6, 6.07) is 12.5. The summed E-state index contributed by atoms with van der Waals surface area (Å²) in [4.78, 5) is 0. The zero-order chi connectivity index (χ0) is 14.2. The van der Waals surface area contributed by atoms with Crippen molar-refractivity contribution in [1.82, 2.24) is 5.32 Å². The van der Waals surface area contributed by atoms with Crippen LogP contribution >= 0.6 is 0 Å². The molecule has 1 aliphatic carbocycles. The lowest BCUT2D eigenvalue weighted by atomic mass is 9.79. The second-order valence-corrected chi connectivity index (χ2v) is 5.72. The van der Waals surface area contributed by atoms with Gasteiger partial charge < -0.3 is 10.4 Å². The molecule has 2 N–H and O–H groups in total. The van der Waals surface area contributed by atoms with Gasteiger partial charge in [0, 0.05) is 12.6 Å². The molecule has 1 saturated carbocycles. The van der Waals surface area contributed by atoms with Crippen molar-refractivity contribution in [1.29, 1.82) is 5.26 Å². The molecule has 0 amide bonds. The smallest absolute Gasteiger partial charge is 0.0641 e. The van der Waals surface area contributed by atoms with Crippen molar-refractivity contribution >= 4 is 0 Å². The van der Waals surface area contributed by atoms with Crippen molar-refractivity contribution < 1.29 is 5.11 Å². The molecule has 20 heavy (non-hydrogen) atoms. The zero-order valence-corrected chi connectivity index (χ0v) is 12.0. The number of nitrogens with one attached hydrogen (secondary N) is 1. The Balaban J connectivity index is 1.93. The van der Waals surface area contributed by atoms with Gasteiger partial charge in [0.25, 0.3) is 0 Å². The van der Waals surface area contributed by atoms with Crippen LogP contribution in [0.5, 0.6) is 0 Å². The fourth-order valence-electron chi connectivity index (χ4n) is 3.17. The summed E-state index contributed by atoms with van der Waals surface area (Å²) < 4.78 is 0. The van der Waals surface area contributed by atoms with E-state index in [9.17, 15) is 5.11 Å². The van der Waals surface area contributed by atoms with Crippen LogP contribution in [-0.4, -0.2) is 18.3 Å². The zero-order valence-electron chi connectivity index (χ0n) is 12.0. The minimum Gasteiger partial charge on any atom is -0.396 e. The molecule has 3 nitrogen and oxygen atoms in total. The molecular weight excluding hydrogens is 248 g/mol. The van der Waals surface area contributed by atoms with Gasteiger partial charge in [-0.25, -0.2) is 0 Å². The molecule has 1 aliphatic rings. The van der Waals surface area contributed by atoms with Crippen LogP contribution in [-0.2, 0) is 0 Å². The molecular formula is C17H24N2O. The van der Waals surface area contributed by atoms with Crippen molar-refractivity contribution in [2.75, 3.05) is 13.2 Å². The lowest BCUT2D eigenvalue weighted by Crippen LogP contribution is -2.34. The van der Waals surface area contributed by atoms with E-state index in [-0.39, 0.29) is 6.04 Å². The second kappa shape index (κ2) is 8.04. The van der Waals surface area contributed by atoms with Gasteiger partial charge in [0.05, 0.1) is 12.5 Å². The third-order valence-electron chi connectivity index (χ3n) is 4.42. The maximum atomic E-state index is 9.47. The average molecular weight is 272 g/mol. The van der Waals surface area contributed by atoms with E-state index in [4.69, 9.17) is 5.26 Å². The average Bonchev–Trinajstić information content (AvgIpc) is 2.52. The van der Waals surface area contributed by atoms with E-state index < -0.39 is 0 Å². The topological polar surface area (TPSA) is 56.0 Å². The SMILES string of the molecule is N#CCC(NCC1CCCCC1CO)c1ccccc1. The van der Waals surface area contributed by atoms with Crippen molar-refractivity contribution in [3.8, 4) is 6.07 Å². The third kappa shape index (κ3) is 4.06. The van der Waals surface area contributed by atoms with Crippen LogP contribution in [0.3, 0.4) is 0 Å². The van der Waals surface area contributed by atoms with Gasteiger partial charge in [-0.2, -0.15) is 5.26 Å². The van der Waals surface area contributed by atoms with Gasteiger partial charge >= 0.3 is 0 Å². The molecule has 0 radical (unpaired) electrons. The Hall–Kier alpha value is -1.37. The van der Waals surface area contributed by atoms with Crippen molar-refractivity contribution in [3.05, 3.63) is 35.9 Å². The Morgan fingerprint density at radius 3 is 2.55 bits per heavy atom. The number of nitriles is 1. The Kier molecular flexibility index (Phi) is 6.04. The summed E-state index contributed by atoms with van der Waals surface area (Å²) in [5.74, 6) is 0.966. The summed E-state index contributed by atoms with van der Waals surface area (Å²) in [5.41, 5.74) is 1.17. The summed E-state index contributed by atoms with van der Waals surface area (Å²) in [7, 11) is 0.